The number of anilines is 1. The number of amides is 1. The van der Waals surface area contributed by atoms with Crippen molar-refractivity contribution in [2.24, 2.45) is 0 Å². The first-order chi connectivity index (χ1) is 9.45. The summed E-state index contributed by atoms with van der Waals surface area (Å²) < 4.78 is 0. The molecule has 7 heteroatoms. The van der Waals surface area contributed by atoms with E-state index >= 15 is 0 Å². The Kier molecular flexibility index (Phi) is 3.99. The molecule has 0 aromatic carbocycles. The molecule has 0 fully saturated rings. The summed E-state index contributed by atoms with van der Waals surface area (Å²) in [5, 5.41) is 14.3. The molecule has 6 nitrogen and oxygen atoms in total. The van der Waals surface area contributed by atoms with Gasteiger partial charge in [0.2, 0.25) is 5.91 Å². The number of rotatable bonds is 4. The minimum Gasteiger partial charge on any atom is -0.477 e. The van der Waals surface area contributed by atoms with Crippen molar-refractivity contribution in [3.8, 4) is 0 Å². The molecule has 1 amide bonds. The van der Waals surface area contributed by atoms with Crippen LogP contribution in [-0.4, -0.2) is 27.0 Å². The quantitative estimate of drug-likeness (QED) is 0.754. The standard InChI is InChI=1S/C13H13N3O3S/c1-7-5-10(12(14-7)13(18)19)16-11(17)4-3-9-6-20-8(2)15-9/h3-6,14H,1-2H3,(H,16,17)(H,18,19)/b4-3+. The van der Waals surface area contributed by atoms with Crippen molar-refractivity contribution in [3.63, 3.8) is 0 Å². The van der Waals surface area contributed by atoms with Crippen LogP contribution < -0.4 is 5.32 Å². The van der Waals surface area contributed by atoms with E-state index in [1.807, 2.05) is 12.3 Å². The number of carboxylic acids is 1. The molecule has 104 valence electrons. The lowest BCUT2D eigenvalue weighted by atomic mass is 10.3. The number of carbonyl (C=O) groups is 2. The van der Waals surface area contributed by atoms with Crippen LogP contribution in [-0.2, 0) is 4.79 Å². The molecule has 20 heavy (non-hydrogen) atoms. The summed E-state index contributed by atoms with van der Waals surface area (Å²) in [5.41, 5.74) is 1.58. The highest BCUT2D eigenvalue weighted by Gasteiger charge is 2.14. The van der Waals surface area contributed by atoms with Gasteiger partial charge in [-0.05, 0) is 26.0 Å². The van der Waals surface area contributed by atoms with E-state index in [0.717, 1.165) is 5.01 Å². The first-order valence-corrected chi connectivity index (χ1v) is 6.68. The van der Waals surface area contributed by atoms with Gasteiger partial charge in [0.1, 0.15) is 5.69 Å². The first-order valence-electron chi connectivity index (χ1n) is 5.80. The van der Waals surface area contributed by atoms with E-state index in [0.29, 0.717) is 11.4 Å². The van der Waals surface area contributed by atoms with Crippen LogP contribution in [0.15, 0.2) is 17.5 Å². The highest BCUT2D eigenvalue weighted by atomic mass is 32.1. The van der Waals surface area contributed by atoms with E-state index in [-0.39, 0.29) is 11.4 Å². The van der Waals surface area contributed by atoms with Gasteiger partial charge < -0.3 is 15.4 Å². The second-order valence-electron chi connectivity index (χ2n) is 4.16. The number of H-pyrrole nitrogens is 1. The van der Waals surface area contributed by atoms with Gasteiger partial charge in [-0.25, -0.2) is 9.78 Å². The summed E-state index contributed by atoms with van der Waals surface area (Å²) in [5.74, 6) is -1.52. The summed E-state index contributed by atoms with van der Waals surface area (Å²) in [7, 11) is 0. The number of aromatic carboxylic acids is 1. The molecule has 0 radical (unpaired) electrons. The fourth-order valence-electron chi connectivity index (χ4n) is 1.65. The maximum Gasteiger partial charge on any atom is 0.354 e. The molecule has 0 aliphatic rings. The Morgan fingerprint density at radius 2 is 2.20 bits per heavy atom. The van der Waals surface area contributed by atoms with Crippen LogP contribution in [0.25, 0.3) is 6.08 Å². The summed E-state index contributed by atoms with van der Waals surface area (Å²) in [6.45, 7) is 3.60. The zero-order valence-electron chi connectivity index (χ0n) is 10.9. The normalized spacial score (nSPS) is 10.9. The van der Waals surface area contributed by atoms with E-state index in [9.17, 15) is 9.59 Å². The smallest absolute Gasteiger partial charge is 0.354 e. The number of aromatic amines is 1. The molecule has 0 spiro atoms. The Balaban J connectivity index is 2.08. The summed E-state index contributed by atoms with van der Waals surface area (Å²) >= 11 is 1.49. The van der Waals surface area contributed by atoms with Gasteiger partial charge in [-0.1, -0.05) is 0 Å². The Hall–Kier alpha value is -2.41. The largest absolute Gasteiger partial charge is 0.477 e. The number of hydrogen-bond acceptors (Lipinski definition) is 4. The third-order valence-corrected chi connectivity index (χ3v) is 3.26. The molecule has 0 atom stereocenters. The van der Waals surface area contributed by atoms with Crippen molar-refractivity contribution in [2.45, 2.75) is 13.8 Å². The number of nitrogens with one attached hydrogen (secondary N) is 2. The van der Waals surface area contributed by atoms with E-state index in [1.54, 1.807) is 19.1 Å². The van der Waals surface area contributed by atoms with E-state index in [2.05, 4.69) is 15.3 Å². The second kappa shape index (κ2) is 5.70. The van der Waals surface area contributed by atoms with Gasteiger partial charge >= 0.3 is 5.97 Å². The zero-order valence-corrected chi connectivity index (χ0v) is 11.7. The van der Waals surface area contributed by atoms with Crippen LogP contribution in [0.3, 0.4) is 0 Å². The van der Waals surface area contributed by atoms with Gasteiger partial charge in [-0.2, -0.15) is 0 Å². The molecule has 2 rings (SSSR count). The third kappa shape index (κ3) is 3.33. The Morgan fingerprint density at radius 1 is 1.45 bits per heavy atom. The molecule has 0 saturated carbocycles. The highest BCUT2D eigenvalue weighted by molar-refractivity contribution is 7.09. The number of carbonyl (C=O) groups excluding carboxylic acids is 1. The fraction of sp³-hybridized carbons (Fsp3) is 0.154. The molecule has 0 aliphatic carbocycles. The van der Waals surface area contributed by atoms with Crippen molar-refractivity contribution in [3.05, 3.63) is 39.6 Å². The van der Waals surface area contributed by atoms with Crippen LogP contribution in [0.4, 0.5) is 5.69 Å². The van der Waals surface area contributed by atoms with Gasteiger partial charge in [0.25, 0.3) is 0 Å². The summed E-state index contributed by atoms with van der Waals surface area (Å²) in [6.07, 6.45) is 2.90. The minimum atomic E-state index is -1.12. The average molecular weight is 291 g/mol. The molecule has 0 unspecified atom stereocenters. The number of nitrogens with zero attached hydrogens (tertiary/aromatic N) is 1. The van der Waals surface area contributed by atoms with Crippen molar-refractivity contribution >= 4 is 35.0 Å². The molecule has 3 N–H and O–H groups in total. The van der Waals surface area contributed by atoms with E-state index in [4.69, 9.17) is 5.11 Å². The van der Waals surface area contributed by atoms with Gasteiger partial charge in [0.15, 0.2) is 0 Å². The topological polar surface area (TPSA) is 95.1 Å². The second-order valence-corrected chi connectivity index (χ2v) is 5.22. The fourth-order valence-corrected chi connectivity index (χ4v) is 2.23. The zero-order chi connectivity index (χ0) is 14.7. The minimum absolute atomic E-state index is 0.0336. The average Bonchev–Trinajstić information content (AvgIpc) is 2.93. The maximum atomic E-state index is 11.7. The lowest BCUT2D eigenvalue weighted by Gasteiger charge is -2.00. The molecule has 2 aromatic rings. The first kappa shape index (κ1) is 14.0. The van der Waals surface area contributed by atoms with Crippen molar-refractivity contribution < 1.29 is 14.7 Å². The molecule has 2 aromatic heterocycles. The number of hydrogen-bond donors (Lipinski definition) is 3. The van der Waals surface area contributed by atoms with Crippen LogP contribution in [0.5, 0.6) is 0 Å². The van der Waals surface area contributed by atoms with Crippen LogP contribution in [0, 0.1) is 13.8 Å². The molecule has 0 bridgehead atoms. The Labute approximate surface area is 119 Å². The van der Waals surface area contributed by atoms with Gasteiger partial charge in [-0.15, -0.1) is 11.3 Å². The molecular weight excluding hydrogens is 278 g/mol. The van der Waals surface area contributed by atoms with E-state index < -0.39 is 11.9 Å². The summed E-state index contributed by atoms with van der Waals surface area (Å²) in [6, 6.07) is 1.57. The Bertz CT molecular complexity index is 685. The number of aryl methyl sites for hydroxylation is 2. The maximum absolute atomic E-state index is 11.7. The van der Waals surface area contributed by atoms with Gasteiger partial charge in [0.05, 0.1) is 16.4 Å². The third-order valence-electron chi connectivity index (χ3n) is 2.47. The predicted molar refractivity (Wildman–Crippen MR) is 77.0 cm³/mol. The SMILES string of the molecule is Cc1cc(NC(=O)/C=C/c2csc(C)n2)c(C(=O)O)[nH]1. The lowest BCUT2D eigenvalue weighted by molar-refractivity contribution is -0.111. The highest BCUT2D eigenvalue weighted by Crippen LogP contribution is 2.17. The van der Waals surface area contributed by atoms with Gasteiger partial charge in [-0.3, -0.25) is 4.79 Å². The van der Waals surface area contributed by atoms with E-state index in [1.165, 1.54) is 17.4 Å². The lowest BCUT2D eigenvalue weighted by Crippen LogP contribution is -2.11. The van der Waals surface area contributed by atoms with Crippen LogP contribution in [0.2, 0.25) is 0 Å². The van der Waals surface area contributed by atoms with Crippen molar-refractivity contribution in [1.29, 1.82) is 0 Å². The molecular formula is C13H13N3O3S. The molecule has 0 saturated heterocycles. The molecule has 2 heterocycles. The van der Waals surface area contributed by atoms with Crippen LogP contribution in [0.1, 0.15) is 26.9 Å². The van der Waals surface area contributed by atoms with Crippen molar-refractivity contribution in [1.82, 2.24) is 9.97 Å². The number of aromatic nitrogens is 2. The molecule has 0 aliphatic heterocycles. The predicted octanol–water partition coefficient (Wildman–Crippen LogP) is 2.44. The van der Waals surface area contributed by atoms with Crippen LogP contribution >= 0.6 is 11.3 Å². The van der Waals surface area contributed by atoms with Crippen molar-refractivity contribution in [2.75, 3.05) is 5.32 Å². The Morgan fingerprint density at radius 3 is 2.80 bits per heavy atom. The summed E-state index contributed by atoms with van der Waals surface area (Å²) in [4.78, 5) is 29.6. The van der Waals surface area contributed by atoms with Gasteiger partial charge in [0, 0.05) is 17.2 Å². The monoisotopic (exact) mass is 291 g/mol. The number of thiazole rings is 1. The number of carboxylic acid groups (broad SMARTS) is 1.